The molecule has 0 saturated carbocycles. The summed E-state index contributed by atoms with van der Waals surface area (Å²) in [6, 6.07) is 0. The zero-order valence-electron chi connectivity index (χ0n) is 12.2. The SMILES string of the molecule is CC(=O)O.CC(=O)O.CC(=O)OCCCCOC(C)=O. The summed E-state index contributed by atoms with van der Waals surface area (Å²) in [6.45, 7) is 5.70. The second kappa shape index (κ2) is 16.9. The van der Waals surface area contributed by atoms with Crippen LogP contribution in [0, 0.1) is 0 Å². The van der Waals surface area contributed by atoms with Crippen LogP contribution in [0.2, 0.25) is 0 Å². The molecule has 20 heavy (non-hydrogen) atoms. The summed E-state index contributed by atoms with van der Waals surface area (Å²) in [5, 5.41) is 14.8. The summed E-state index contributed by atoms with van der Waals surface area (Å²) in [4.78, 5) is 38.6. The maximum Gasteiger partial charge on any atom is 0.302 e. The highest BCUT2D eigenvalue weighted by molar-refractivity contribution is 5.66. The monoisotopic (exact) mass is 294 g/mol. The summed E-state index contributed by atoms with van der Waals surface area (Å²) >= 11 is 0. The van der Waals surface area contributed by atoms with E-state index in [9.17, 15) is 9.59 Å². The lowest BCUT2D eigenvalue weighted by molar-refractivity contribution is -0.143. The van der Waals surface area contributed by atoms with Gasteiger partial charge in [0.05, 0.1) is 13.2 Å². The van der Waals surface area contributed by atoms with E-state index in [0.717, 1.165) is 26.7 Å². The van der Waals surface area contributed by atoms with Crippen LogP contribution in [0.1, 0.15) is 40.5 Å². The summed E-state index contributed by atoms with van der Waals surface area (Å²) < 4.78 is 9.34. The Hall–Kier alpha value is -2.12. The molecule has 8 heteroatoms. The molecule has 0 aliphatic carbocycles. The number of carbonyl (C=O) groups is 4. The molecule has 118 valence electrons. The average Bonchev–Trinajstić information content (AvgIpc) is 2.20. The highest BCUT2D eigenvalue weighted by Gasteiger charge is 1.94. The second-order valence-electron chi connectivity index (χ2n) is 3.43. The molecule has 0 aromatic rings. The number of carboxylic acids is 2. The molecule has 0 atom stereocenters. The Balaban J connectivity index is -0.000000297. The van der Waals surface area contributed by atoms with Crippen molar-refractivity contribution in [2.45, 2.75) is 40.5 Å². The molecule has 0 spiro atoms. The van der Waals surface area contributed by atoms with Crippen LogP contribution in [0.5, 0.6) is 0 Å². The maximum absolute atomic E-state index is 10.3. The van der Waals surface area contributed by atoms with Crippen molar-refractivity contribution < 1.29 is 38.9 Å². The van der Waals surface area contributed by atoms with E-state index in [0.29, 0.717) is 13.2 Å². The van der Waals surface area contributed by atoms with Gasteiger partial charge in [-0.05, 0) is 12.8 Å². The fourth-order valence-corrected chi connectivity index (χ4v) is 0.636. The van der Waals surface area contributed by atoms with Crippen LogP contribution < -0.4 is 0 Å². The fourth-order valence-electron chi connectivity index (χ4n) is 0.636. The minimum Gasteiger partial charge on any atom is -0.481 e. The summed E-state index contributed by atoms with van der Waals surface area (Å²) in [6.07, 6.45) is 1.46. The van der Waals surface area contributed by atoms with Gasteiger partial charge in [0.15, 0.2) is 0 Å². The molecule has 0 aromatic heterocycles. The molecule has 0 saturated heterocycles. The van der Waals surface area contributed by atoms with E-state index in [1.807, 2.05) is 0 Å². The Bertz CT molecular complexity index is 260. The highest BCUT2D eigenvalue weighted by Crippen LogP contribution is 1.91. The van der Waals surface area contributed by atoms with Gasteiger partial charge < -0.3 is 19.7 Å². The number of carbonyl (C=O) groups excluding carboxylic acids is 2. The first-order chi connectivity index (χ1) is 9.09. The number of hydrogen-bond acceptors (Lipinski definition) is 6. The van der Waals surface area contributed by atoms with Gasteiger partial charge in [-0.3, -0.25) is 19.2 Å². The minimum absolute atomic E-state index is 0.275. The predicted molar refractivity (Wildman–Crippen MR) is 69.1 cm³/mol. The van der Waals surface area contributed by atoms with E-state index >= 15 is 0 Å². The van der Waals surface area contributed by atoms with Gasteiger partial charge >= 0.3 is 11.9 Å². The van der Waals surface area contributed by atoms with Crippen molar-refractivity contribution in [2.24, 2.45) is 0 Å². The number of carboxylic acid groups (broad SMARTS) is 2. The van der Waals surface area contributed by atoms with Gasteiger partial charge in [0.25, 0.3) is 11.9 Å². The number of hydrogen-bond donors (Lipinski definition) is 2. The molecular formula is C12H22O8. The first kappa shape index (κ1) is 23.0. The van der Waals surface area contributed by atoms with Crippen LogP contribution in [-0.4, -0.2) is 47.3 Å². The molecular weight excluding hydrogens is 272 g/mol. The second-order valence-corrected chi connectivity index (χ2v) is 3.43. The van der Waals surface area contributed by atoms with E-state index in [1.165, 1.54) is 13.8 Å². The molecule has 0 unspecified atom stereocenters. The molecule has 8 nitrogen and oxygen atoms in total. The van der Waals surface area contributed by atoms with Crippen molar-refractivity contribution in [3.05, 3.63) is 0 Å². The number of esters is 2. The number of rotatable bonds is 5. The standard InChI is InChI=1S/C8H14O4.2C2H4O2/c1-7(9)11-5-3-4-6-12-8(2)10;2*1-2(3)4/h3-6H2,1-2H3;2*1H3,(H,3,4). The van der Waals surface area contributed by atoms with Crippen molar-refractivity contribution >= 4 is 23.9 Å². The smallest absolute Gasteiger partial charge is 0.302 e. The Kier molecular flexibility index (Phi) is 19.4. The van der Waals surface area contributed by atoms with Gasteiger partial charge in [0.1, 0.15) is 0 Å². The molecule has 0 aliphatic heterocycles. The summed E-state index contributed by atoms with van der Waals surface area (Å²) in [5.74, 6) is -2.22. The Morgan fingerprint density at radius 2 is 0.900 bits per heavy atom. The van der Waals surface area contributed by atoms with Crippen molar-refractivity contribution in [3.63, 3.8) is 0 Å². The molecule has 0 radical (unpaired) electrons. The molecule has 0 aromatic carbocycles. The molecule has 0 heterocycles. The van der Waals surface area contributed by atoms with Gasteiger partial charge in [0, 0.05) is 27.7 Å². The lowest BCUT2D eigenvalue weighted by Crippen LogP contribution is -2.04. The first-order valence-electron chi connectivity index (χ1n) is 5.75. The van der Waals surface area contributed by atoms with Crippen LogP contribution in [0.15, 0.2) is 0 Å². The van der Waals surface area contributed by atoms with E-state index in [1.54, 1.807) is 0 Å². The van der Waals surface area contributed by atoms with E-state index in [4.69, 9.17) is 19.8 Å². The zero-order chi connectivity index (χ0) is 16.6. The lowest BCUT2D eigenvalue weighted by atomic mass is 10.3. The van der Waals surface area contributed by atoms with Crippen LogP contribution in [0.3, 0.4) is 0 Å². The summed E-state index contributed by atoms with van der Waals surface area (Å²) in [7, 11) is 0. The van der Waals surface area contributed by atoms with Crippen LogP contribution in [0.25, 0.3) is 0 Å². The number of unbranched alkanes of at least 4 members (excludes halogenated alkanes) is 1. The number of aliphatic carboxylic acids is 2. The summed E-state index contributed by atoms with van der Waals surface area (Å²) in [5.41, 5.74) is 0. The Morgan fingerprint density at radius 3 is 1.05 bits per heavy atom. The fraction of sp³-hybridized carbons (Fsp3) is 0.667. The van der Waals surface area contributed by atoms with Crippen molar-refractivity contribution in [3.8, 4) is 0 Å². The quantitative estimate of drug-likeness (QED) is 0.569. The third kappa shape index (κ3) is 74.3. The molecule has 0 amide bonds. The predicted octanol–water partition coefficient (Wildman–Crippen LogP) is 1.07. The largest absolute Gasteiger partial charge is 0.481 e. The Labute approximate surface area is 117 Å². The van der Waals surface area contributed by atoms with Gasteiger partial charge in [-0.25, -0.2) is 0 Å². The Morgan fingerprint density at radius 1 is 0.700 bits per heavy atom. The average molecular weight is 294 g/mol. The van der Waals surface area contributed by atoms with Gasteiger partial charge in [0.2, 0.25) is 0 Å². The topological polar surface area (TPSA) is 127 Å². The third-order valence-corrected chi connectivity index (χ3v) is 1.15. The van der Waals surface area contributed by atoms with Crippen LogP contribution in [-0.2, 0) is 28.7 Å². The molecule has 0 aliphatic rings. The van der Waals surface area contributed by atoms with Crippen LogP contribution in [0.4, 0.5) is 0 Å². The van der Waals surface area contributed by atoms with Gasteiger partial charge in [-0.15, -0.1) is 0 Å². The van der Waals surface area contributed by atoms with Crippen LogP contribution >= 0.6 is 0 Å². The lowest BCUT2D eigenvalue weighted by Gasteiger charge is -2.01. The highest BCUT2D eigenvalue weighted by atomic mass is 16.5. The normalized spacial score (nSPS) is 8.00. The minimum atomic E-state index is -0.833. The van der Waals surface area contributed by atoms with E-state index in [2.05, 4.69) is 9.47 Å². The number of ether oxygens (including phenoxy) is 2. The van der Waals surface area contributed by atoms with Gasteiger partial charge in [-0.2, -0.15) is 0 Å². The van der Waals surface area contributed by atoms with Gasteiger partial charge in [-0.1, -0.05) is 0 Å². The molecule has 0 bridgehead atoms. The third-order valence-electron chi connectivity index (χ3n) is 1.15. The zero-order valence-corrected chi connectivity index (χ0v) is 12.2. The van der Waals surface area contributed by atoms with E-state index in [-0.39, 0.29) is 11.9 Å². The molecule has 0 rings (SSSR count). The van der Waals surface area contributed by atoms with Crippen molar-refractivity contribution in [2.75, 3.05) is 13.2 Å². The first-order valence-corrected chi connectivity index (χ1v) is 5.75. The molecule has 2 N–H and O–H groups in total. The van der Waals surface area contributed by atoms with Crippen molar-refractivity contribution in [1.82, 2.24) is 0 Å². The van der Waals surface area contributed by atoms with E-state index < -0.39 is 11.9 Å². The maximum atomic E-state index is 10.3. The molecule has 0 fully saturated rings. The van der Waals surface area contributed by atoms with Crippen molar-refractivity contribution in [1.29, 1.82) is 0 Å².